The van der Waals surface area contributed by atoms with E-state index in [9.17, 15) is 9.90 Å². The van der Waals surface area contributed by atoms with Gasteiger partial charge < -0.3 is 20.1 Å². The largest absolute Gasteiger partial charge is 0.496 e. The maximum Gasteiger partial charge on any atom is 0.335 e. The van der Waals surface area contributed by atoms with Crippen LogP contribution in [0.2, 0.25) is 0 Å². The lowest BCUT2D eigenvalue weighted by atomic mass is 10.1. The topological polar surface area (TPSA) is 87.1 Å². The smallest absolute Gasteiger partial charge is 0.335 e. The third-order valence-corrected chi connectivity index (χ3v) is 5.42. The molecule has 1 aromatic heterocycles. The highest BCUT2D eigenvalue weighted by atomic mass is 16.5. The number of nitrogens with zero attached hydrogens (tertiary/aromatic N) is 3. The maximum atomic E-state index is 11.4. The summed E-state index contributed by atoms with van der Waals surface area (Å²) in [6, 6.07) is 5.21. The molecule has 30 heavy (non-hydrogen) atoms. The van der Waals surface area contributed by atoms with Gasteiger partial charge in [-0.05, 0) is 38.0 Å². The maximum absolute atomic E-state index is 11.4. The molecule has 7 heteroatoms. The number of nitrogens with one attached hydrogen (secondary N) is 1. The van der Waals surface area contributed by atoms with Gasteiger partial charge in [-0.2, -0.15) is 0 Å². The summed E-state index contributed by atoms with van der Waals surface area (Å²) < 4.78 is 5.51. The lowest BCUT2D eigenvalue weighted by molar-refractivity contribution is 0.0697. The number of hydrogen-bond donors (Lipinski definition) is 2. The predicted octanol–water partition coefficient (Wildman–Crippen LogP) is 4.38. The van der Waals surface area contributed by atoms with Crippen molar-refractivity contribution in [2.75, 3.05) is 19.0 Å². The minimum absolute atomic E-state index is 0.265. The molecule has 1 aliphatic rings. The first kappa shape index (κ1) is 21.6. The number of aryl methyl sites for hydroxylation is 1. The number of hydrogen-bond acceptors (Lipinski definition) is 4. The number of unbranched alkanes of at least 4 members (excludes halogenated alkanes) is 2. The molecule has 1 aromatic carbocycles. The van der Waals surface area contributed by atoms with Crippen LogP contribution in [0.4, 0.5) is 5.69 Å². The SMILES string of the molecule is CCCCCN1Cc2ccc(C(=O)O)cc2NC1=NCc1ncc(C)c(OC)c1C. The second-order valence-electron chi connectivity index (χ2n) is 7.62. The first-order valence-electron chi connectivity index (χ1n) is 10.4. The van der Waals surface area contributed by atoms with Crippen molar-refractivity contribution in [1.82, 2.24) is 9.88 Å². The van der Waals surface area contributed by atoms with E-state index >= 15 is 0 Å². The molecule has 1 aliphatic heterocycles. The van der Waals surface area contributed by atoms with Crippen molar-refractivity contribution in [2.24, 2.45) is 4.99 Å². The minimum Gasteiger partial charge on any atom is -0.496 e. The Balaban J connectivity index is 1.89. The number of ether oxygens (including phenoxy) is 1. The van der Waals surface area contributed by atoms with E-state index in [2.05, 4.69) is 22.1 Å². The fourth-order valence-corrected chi connectivity index (χ4v) is 3.70. The fourth-order valence-electron chi connectivity index (χ4n) is 3.70. The number of aromatic nitrogens is 1. The Bertz CT molecular complexity index is 956. The van der Waals surface area contributed by atoms with E-state index in [-0.39, 0.29) is 5.56 Å². The van der Waals surface area contributed by atoms with Crippen molar-refractivity contribution in [1.29, 1.82) is 0 Å². The molecule has 0 saturated carbocycles. The molecule has 2 heterocycles. The number of benzene rings is 1. The molecular weight excluding hydrogens is 380 g/mol. The van der Waals surface area contributed by atoms with Gasteiger partial charge in [0.25, 0.3) is 0 Å². The summed E-state index contributed by atoms with van der Waals surface area (Å²) in [5.41, 5.74) is 4.99. The Morgan fingerprint density at radius 3 is 2.83 bits per heavy atom. The van der Waals surface area contributed by atoms with Crippen LogP contribution in [0.3, 0.4) is 0 Å². The van der Waals surface area contributed by atoms with Gasteiger partial charge in [0.1, 0.15) is 5.75 Å². The summed E-state index contributed by atoms with van der Waals surface area (Å²) in [5.74, 6) is 0.657. The third-order valence-electron chi connectivity index (χ3n) is 5.42. The van der Waals surface area contributed by atoms with Crippen molar-refractivity contribution in [2.45, 2.75) is 53.1 Å². The third kappa shape index (κ3) is 4.72. The molecule has 0 unspecified atom stereocenters. The minimum atomic E-state index is -0.935. The average Bonchev–Trinajstić information content (AvgIpc) is 2.73. The summed E-state index contributed by atoms with van der Waals surface area (Å²) >= 11 is 0. The van der Waals surface area contributed by atoms with Gasteiger partial charge in [0.05, 0.1) is 24.9 Å². The molecule has 7 nitrogen and oxygen atoms in total. The highest BCUT2D eigenvalue weighted by Crippen LogP contribution is 2.27. The molecule has 0 amide bonds. The lowest BCUT2D eigenvalue weighted by Gasteiger charge is -2.33. The first-order valence-corrected chi connectivity index (χ1v) is 10.4. The summed E-state index contributed by atoms with van der Waals surface area (Å²) in [6.45, 7) is 8.17. The number of aromatic carboxylic acids is 1. The number of carbonyl (C=O) groups is 1. The van der Waals surface area contributed by atoms with Gasteiger partial charge >= 0.3 is 5.97 Å². The van der Waals surface area contributed by atoms with Gasteiger partial charge in [0.15, 0.2) is 5.96 Å². The van der Waals surface area contributed by atoms with Gasteiger partial charge in [-0.25, -0.2) is 9.79 Å². The summed E-state index contributed by atoms with van der Waals surface area (Å²) in [7, 11) is 1.67. The number of carboxylic acid groups (broad SMARTS) is 1. The van der Waals surface area contributed by atoms with Crippen LogP contribution in [-0.2, 0) is 13.1 Å². The van der Waals surface area contributed by atoms with Crippen LogP contribution in [0.5, 0.6) is 5.75 Å². The first-order chi connectivity index (χ1) is 14.4. The fraction of sp³-hybridized carbons (Fsp3) is 0.435. The zero-order valence-electron chi connectivity index (χ0n) is 18.2. The average molecular weight is 411 g/mol. The number of anilines is 1. The Labute approximate surface area is 177 Å². The second kappa shape index (κ2) is 9.61. The predicted molar refractivity (Wildman–Crippen MR) is 118 cm³/mol. The number of methoxy groups -OCH3 is 1. The van der Waals surface area contributed by atoms with Gasteiger partial charge in [0, 0.05) is 36.1 Å². The Kier molecular flexibility index (Phi) is 6.92. The standard InChI is InChI=1S/C23H30N4O3/c1-5-6-7-10-27-14-18-9-8-17(22(28)29)11-19(18)26-23(27)25-13-20-16(3)21(30-4)15(2)12-24-20/h8-9,11-12H,5-7,10,13-14H2,1-4H3,(H,25,26)(H,28,29). The highest BCUT2D eigenvalue weighted by Gasteiger charge is 2.22. The van der Waals surface area contributed by atoms with Gasteiger partial charge in [0.2, 0.25) is 0 Å². The quantitative estimate of drug-likeness (QED) is 0.628. The zero-order chi connectivity index (χ0) is 21.7. The molecule has 2 aromatic rings. The monoisotopic (exact) mass is 410 g/mol. The van der Waals surface area contributed by atoms with Crippen molar-refractivity contribution < 1.29 is 14.6 Å². The van der Waals surface area contributed by atoms with E-state index in [1.807, 2.05) is 26.1 Å². The van der Waals surface area contributed by atoms with E-state index in [0.717, 1.165) is 65.6 Å². The van der Waals surface area contributed by atoms with Crippen LogP contribution >= 0.6 is 0 Å². The van der Waals surface area contributed by atoms with Gasteiger partial charge in [-0.15, -0.1) is 0 Å². The second-order valence-corrected chi connectivity index (χ2v) is 7.62. The van der Waals surface area contributed by atoms with Crippen LogP contribution in [0, 0.1) is 13.8 Å². The van der Waals surface area contributed by atoms with E-state index < -0.39 is 5.97 Å². The number of aliphatic imine (C=N–C) groups is 1. The van der Waals surface area contributed by atoms with Crippen molar-refractivity contribution >= 4 is 17.6 Å². The Morgan fingerprint density at radius 1 is 1.33 bits per heavy atom. The summed E-state index contributed by atoms with van der Waals surface area (Å²) in [6.07, 6.45) is 5.20. The molecule has 3 rings (SSSR count). The van der Waals surface area contributed by atoms with E-state index in [1.54, 1.807) is 19.2 Å². The van der Waals surface area contributed by atoms with Crippen LogP contribution in [0.15, 0.2) is 29.4 Å². The van der Waals surface area contributed by atoms with Crippen LogP contribution < -0.4 is 10.1 Å². The zero-order valence-corrected chi connectivity index (χ0v) is 18.2. The van der Waals surface area contributed by atoms with E-state index in [4.69, 9.17) is 9.73 Å². The van der Waals surface area contributed by atoms with Crippen LogP contribution in [-0.4, -0.2) is 40.6 Å². The lowest BCUT2D eigenvalue weighted by Crippen LogP contribution is -2.40. The number of carboxylic acids is 1. The normalized spacial score (nSPS) is 14.4. The molecule has 0 fully saturated rings. The highest BCUT2D eigenvalue weighted by molar-refractivity contribution is 5.98. The summed E-state index contributed by atoms with van der Waals surface area (Å²) in [4.78, 5) is 22.9. The van der Waals surface area contributed by atoms with E-state index in [0.29, 0.717) is 13.1 Å². The Hall–Kier alpha value is -3.09. The Morgan fingerprint density at radius 2 is 2.13 bits per heavy atom. The van der Waals surface area contributed by atoms with Crippen LogP contribution in [0.1, 0.15) is 58.9 Å². The molecule has 0 spiro atoms. The van der Waals surface area contributed by atoms with Crippen LogP contribution in [0.25, 0.3) is 0 Å². The molecule has 160 valence electrons. The van der Waals surface area contributed by atoms with Gasteiger partial charge in [-0.1, -0.05) is 25.8 Å². The molecule has 0 radical (unpaired) electrons. The number of fused-ring (bicyclic) bond motifs is 1. The number of rotatable bonds is 8. The summed E-state index contributed by atoms with van der Waals surface area (Å²) in [5, 5.41) is 12.7. The molecule has 0 atom stereocenters. The van der Waals surface area contributed by atoms with E-state index in [1.165, 1.54) is 0 Å². The van der Waals surface area contributed by atoms with Crippen molar-refractivity contribution in [3.63, 3.8) is 0 Å². The van der Waals surface area contributed by atoms with Gasteiger partial charge in [-0.3, -0.25) is 4.98 Å². The molecule has 0 bridgehead atoms. The number of guanidine groups is 1. The number of pyridine rings is 1. The van der Waals surface area contributed by atoms with Crippen molar-refractivity contribution in [3.05, 3.63) is 52.3 Å². The molecular formula is C23H30N4O3. The van der Waals surface area contributed by atoms with Crippen molar-refractivity contribution in [3.8, 4) is 5.75 Å². The molecule has 2 N–H and O–H groups in total. The molecule has 0 aliphatic carbocycles. The molecule has 0 saturated heterocycles.